The maximum Gasteiger partial charge on any atom is 0.118 e. The smallest absolute Gasteiger partial charge is 0.118 e. The fourth-order valence-electron chi connectivity index (χ4n) is 3.99. The van der Waals surface area contributed by atoms with Gasteiger partial charge in [-0.05, 0) is 49.9 Å². The summed E-state index contributed by atoms with van der Waals surface area (Å²) >= 11 is 1.86. The molecule has 1 N–H and O–H groups in total. The molecule has 2 bridgehead atoms. The second-order valence-electron chi connectivity index (χ2n) is 6.71. The highest BCUT2D eigenvalue weighted by molar-refractivity contribution is 7.11. The molecule has 1 aromatic rings. The van der Waals surface area contributed by atoms with Gasteiger partial charge >= 0.3 is 0 Å². The Morgan fingerprint density at radius 2 is 1.95 bits per heavy atom. The molecule has 3 aliphatic rings. The van der Waals surface area contributed by atoms with E-state index in [2.05, 4.69) is 15.5 Å². The van der Waals surface area contributed by atoms with E-state index in [-0.39, 0.29) is 0 Å². The molecule has 0 aromatic carbocycles. The highest BCUT2D eigenvalue weighted by atomic mass is 32.1. The summed E-state index contributed by atoms with van der Waals surface area (Å²) in [6, 6.07) is 0.807. The summed E-state index contributed by atoms with van der Waals surface area (Å²) in [5.74, 6) is 2.98. The van der Waals surface area contributed by atoms with Crippen molar-refractivity contribution in [3.05, 3.63) is 10.0 Å². The maximum absolute atomic E-state index is 4.42. The summed E-state index contributed by atoms with van der Waals surface area (Å²) in [6.45, 7) is 1.08. The molecule has 3 unspecified atom stereocenters. The molecular weight excluding hydrogens is 254 g/mol. The Morgan fingerprint density at radius 3 is 2.68 bits per heavy atom. The van der Waals surface area contributed by atoms with Gasteiger partial charge in [0, 0.05) is 25.4 Å². The summed E-state index contributed by atoms with van der Waals surface area (Å²) in [5.41, 5.74) is 0. The lowest BCUT2D eigenvalue weighted by Gasteiger charge is -2.19. The zero-order valence-electron chi connectivity index (χ0n) is 11.5. The lowest BCUT2D eigenvalue weighted by atomic mass is 9.87. The monoisotopic (exact) mass is 277 g/mol. The summed E-state index contributed by atoms with van der Waals surface area (Å²) in [6.07, 6.45) is 10.9. The molecule has 4 rings (SSSR count). The number of fused-ring (bicyclic) bond motifs is 2. The Kier molecular flexibility index (Phi) is 3.32. The predicted octanol–water partition coefficient (Wildman–Crippen LogP) is 2.81. The molecule has 3 fully saturated rings. The first kappa shape index (κ1) is 12.3. The molecule has 1 heterocycles. The molecule has 1 aromatic heterocycles. The Balaban J connectivity index is 1.28. The van der Waals surface area contributed by atoms with E-state index in [9.17, 15) is 0 Å². The molecule has 0 aliphatic heterocycles. The van der Waals surface area contributed by atoms with E-state index in [0.717, 1.165) is 36.8 Å². The minimum Gasteiger partial charge on any atom is -0.314 e. The third-order valence-corrected chi connectivity index (χ3v) is 6.18. The van der Waals surface area contributed by atoms with E-state index in [0.29, 0.717) is 0 Å². The van der Waals surface area contributed by atoms with Crippen LogP contribution < -0.4 is 5.32 Å². The molecule has 104 valence electrons. The largest absolute Gasteiger partial charge is 0.314 e. The fourth-order valence-corrected chi connectivity index (χ4v) is 4.93. The third-order valence-electron chi connectivity index (χ3n) is 5.18. The average Bonchev–Trinajstić information content (AvgIpc) is 2.84. The second-order valence-corrected chi connectivity index (χ2v) is 7.85. The molecule has 4 heteroatoms. The van der Waals surface area contributed by atoms with Gasteiger partial charge in [0.15, 0.2) is 0 Å². The normalized spacial score (nSPS) is 33.2. The summed E-state index contributed by atoms with van der Waals surface area (Å²) < 4.78 is 0. The van der Waals surface area contributed by atoms with Gasteiger partial charge in [0.2, 0.25) is 0 Å². The Morgan fingerprint density at radius 1 is 1.05 bits per heavy atom. The summed E-state index contributed by atoms with van der Waals surface area (Å²) in [5, 5.41) is 14.9. The van der Waals surface area contributed by atoms with Crippen molar-refractivity contribution in [3.8, 4) is 0 Å². The molecule has 0 radical (unpaired) electrons. The van der Waals surface area contributed by atoms with Gasteiger partial charge in [-0.1, -0.05) is 6.42 Å². The molecule has 0 amide bonds. The van der Waals surface area contributed by atoms with Gasteiger partial charge in [0.1, 0.15) is 10.0 Å². The van der Waals surface area contributed by atoms with Crippen LogP contribution in [0.2, 0.25) is 0 Å². The molecule has 19 heavy (non-hydrogen) atoms. The third kappa shape index (κ3) is 2.84. The topological polar surface area (TPSA) is 37.8 Å². The van der Waals surface area contributed by atoms with Crippen molar-refractivity contribution < 1.29 is 0 Å². The number of nitrogens with one attached hydrogen (secondary N) is 1. The van der Waals surface area contributed by atoms with Crippen LogP contribution in [0.5, 0.6) is 0 Å². The zero-order chi connectivity index (χ0) is 12.7. The van der Waals surface area contributed by atoms with Crippen molar-refractivity contribution in [3.63, 3.8) is 0 Å². The minimum absolute atomic E-state index is 0.807. The van der Waals surface area contributed by atoms with E-state index >= 15 is 0 Å². The van der Waals surface area contributed by atoms with Crippen molar-refractivity contribution >= 4 is 11.3 Å². The SMILES string of the molecule is C(Cc1nnc(CC2CC3CCC2C3)s1)NC1CC1. The lowest BCUT2D eigenvalue weighted by Crippen LogP contribution is -2.19. The highest BCUT2D eigenvalue weighted by Crippen LogP contribution is 2.49. The van der Waals surface area contributed by atoms with Crippen LogP contribution in [0.15, 0.2) is 0 Å². The molecule has 3 saturated carbocycles. The number of nitrogens with zero attached hydrogens (tertiary/aromatic N) is 2. The first-order chi connectivity index (χ1) is 9.37. The highest BCUT2D eigenvalue weighted by Gasteiger charge is 2.39. The number of hydrogen-bond acceptors (Lipinski definition) is 4. The van der Waals surface area contributed by atoms with E-state index in [4.69, 9.17) is 0 Å². The van der Waals surface area contributed by atoms with Crippen LogP contribution in [-0.4, -0.2) is 22.8 Å². The molecule has 3 aliphatic carbocycles. The van der Waals surface area contributed by atoms with Gasteiger partial charge < -0.3 is 5.32 Å². The van der Waals surface area contributed by atoms with Gasteiger partial charge in [-0.3, -0.25) is 0 Å². The quantitative estimate of drug-likeness (QED) is 0.869. The van der Waals surface area contributed by atoms with Crippen molar-refractivity contribution in [2.75, 3.05) is 6.54 Å². The zero-order valence-corrected chi connectivity index (χ0v) is 12.3. The number of aromatic nitrogens is 2. The minimum atomic E-state index is 0.807. The second kappa shape index (κ2) is 5.13. The van der Waals surface area contributed by atoms with E-state index in [1.807, 2.05) is 11.3 Å². The summed E-state index contributed by atoms with van der Waals surface area (Å²) in [4.78, 5) is 0. The van der Waals surface area contributed by atoms with Crippen LogP contribution in [0.4, 0.5) is 0 Å². The van der Waals surface area contributed by atoms with E-state index in [1.54, 1.807) is 0 Å². The van der Waals surface area contributed by atoms with Crippen molar-refractivity contribution in [1.82, 2.24) is 15.5 Å². The predicted molar refractivity (Wildman–Crippen MR) is 77.3 cm³/mol. The first-order valence-electron chi connectivity index (χ1n) is 7.91. The summed E-state index contributed by atoms with van der Waals surface area (Å²) in [7, 11) is 0. The molecule has 3 nitrogen and oxygen atoms in total. The van der Waals surface area contributed by atoms with Crippen LogP contribution in [0.1, 0.15) is 48.5 Å². The van der Waals surface area contributed by atoms with Gasteiger partial charge in [-0.25, -0.2) is 0 Å². The first-order valence-corrected chi connectivity index (χ1v) is 8.73. The maximum atomic E-state index is 4.42. The van der Waals surface area contributed by atoms with Gasteiger partial charge in [0.05, 0.1) is 0 Å². The van der Waals surface area contributed by atoms with E-state index < -0.39 is 0 Å². The number of hydrogen-bond donors (Lipinski definition) is 1. The average molecular weight is 277 g/mol. The van der Waals surface area contributed by atoms with Crippen LogP contribution in [0.3, 0.4) is 0 Å². The Bertz CT molecular complexity index is 440. The fraction of sp³-hybridized carbons (Fsp3) is 0.867. The van der Waals surface area contributed by atoms with Crippen molar-refractivity contribution in [2.45, 2.75) is 57.4 Å². The van der Waals surface area contributed by atoms with Crippen LogP contribution in [-0.2, 0) is 12.8 Å². The van der Waals surface area contributed by atoms with Crippen molar-refractivity contribution in [2.24, 2.45) is 17.8 Å². The molecule has 3 atom stereocenters. The Labute approximate surface area is 119 Å². The van der Waals surface area contributed by atoms with Crippen molar-refractivity contribution in [1.29, 1.82) is 0 Å². The standard InChI is InChI=1S/C15H23N3S/c1-2-11-7-10(1)8-12(11)9-15-18-17-14(19-15)5-6-16-13-3-4-13/h10-13,16H,1-9H2. The Hall–Kier alpha value is -0.480. The molecule has 0 saturated heterocycles. The van der Waals surface area contributed by atoms with E-state index in [1.165, 1.54) is 55.0 Å². The van der Waals surface area contributed by atoms with Gasteiger partial charge in [0.25, 0.3) is 0 Å². The lowest BCUT2D eigenvalue weighted by molar-refractivity contribution is 0.331. The molecular formula is C15H23N3S. The molecule has 0 spiro atoms. The van der Waals surface area contributed by atoms with Gasteiger partial charge in [-0.15, -0.1) is 21.5 Å². The number of rotatable bonds is 6. The van der Waals surface area contributed by atoms with Crippen LogP contribution in [0, 0.1) is 17.8 Å². The van der Waals surface area contributed by atoms with Crippen LogP contribution >= 0.6 is 11.3 Å². The van der Waals surface area contributed by atoms with Gasteiger partial charge in [-0.2, -0.15) is 0 Å². The van der Waals surface area contributed by atoms with Crippen LogP contribution in [0.25, 0.3) is 0 Å².